The number of halogens is 2. The van der Waals surface area contributed by atoms with Crippen molar-refractivity contribution in [2.75, 3.05) is 37.4 Å². The Labute approximate surface area is 165 Å². The summed E-state index contributed by atoms with van der Waals surface area (Å²) in [5.41, 5.74) is 0.502. The molecule has 152 valence electrons. The van der Waals surface area contributed by atoms with Gasteiger partial charge in [-0.1, -0.05) is 11.8 Å². The van der Waals surface area contributed by atoms with Crippen LogP contribution >= 0.6 is 11.8 Å². The molecule has 2 N–H and O–H groups in total. The van der Waals surface area contributed by atoms with Crippen LogP contribution in [0.1, 0.15) is 5.82 Å². The fourth-order valence-corrected chi connectivity index (χ4v) is 3.46. The van der Waals surface area contributed by atoms with Gasteiger partial charge in [0.25, 0.3) is 0 Å². The zero-order chi connectivity index (χ0) is 19.9. The zero-order valence-corrected chi connectivity index (χ0v) is 16.2. The van der Waals surface area contributed by atoms with Crippen molar-refractivity contribution < 1.29 is 27.9 Å². The molecule has 8 nitrogen and oxygen atoms in total. The molecule has 0 unspecified atom stereocenters. The molecule has 1 saturated heterocycles. The summed E-state index contributed by atoms with van der Waals surface area (Å²) in [6, 6.07) is 5.76. The summed E-state index contributed by atoms with van der Waals surface area (Å²) in [5.74, 6) is 0.841. The van der Waals surface area contributed by atoms with E-state index in [1.54, 1.807) is 0 Å². The summed E-state index contributed by atoms with van der Waals surface area (Å²) >= 11 is 1.29. The van der Waals surface area contributed by atoms with Crippen LogP contribution < -0.4 is 15.0 Å². The Kier molecular flexibility index (Phi) is 7.18. The maximum atomic E-state index is 12.1. The minimum absolute atomic E-state index is 0.0383. The third-order valence-electron chi connectivity index (χ3n) is 4.23. The van der Waals surface area contributed by atoms with Crippen molar-refractivity contribution in [1.29, 1.82) is 0 Å². The normalized spacial score (nSPS) is 15.0. The van der Waals surface area contributed by atoms with Crippen molar-refractivity contribution in [2.24, 2.45) is 7.05 Å². The molecule has 0 aliphatic carbocycles. The highest BCUT2D eigenvalue weighted by atomic mass is 32.2. The number of anilines is 1. The van der Waals surface area contributed by atoms with Crippen molar-refractivity contribution in [3.63, 3.8) is 0 Å². The monoisotopic (exact) mass is 414 g/mol. The summed E-state index contributed by atoms with van der Waals surface area (Å²) in [6.07, 6.45) is 0. The molecule has 3 rings (SSSR count). The highest BCUT2D eigenvalue weighted by Gasteiger charge is 2.19. The van der Waals surface area contributed by atoms with Gasteiger partial charge in [0.05, 0.1) is 19.0 Å². The first-order valence-corrected chi connectivity index (χ1v) is 9.77. The minimum atomic E-state index is -2.88. The van der Waals surface area contributed by atoms with E-state index < -0.39 is 6.61 Å². The molecule has 2 heterocycles. The van der Waals surface area contributed by atoms with Crippen molar-refractivity contribution >= 4 is 23.4 Å². The smallest absolute Gasteiger partial charge is 0.387 e. The van der Waals surface area contributed by atoms with Crippen LogP contribution in [0.4, 0.5) is 14.5 Å². The number of ether oxygens (including phenoxy) is 2. The predicted molar refractivity (Wildman–Crippen MR) is 98.7 cm³/mol. The predicted octanol–water partition coefficient (Wildman–Crippen LogP) is 0.562. The van der Waals surface area contributed by atoms with Crippen LogP contribution in [0, 0.1) is 0 Å². The number of hydrogen-bond donors (Lipinski definition) is 2. The summed E-state index contributed by atoms with van der Waals surface area (Å²) in [4.78, 5) is 13.5. The summed E-state index contributed by atoms with van der Waals surface area (Å²) in [6.45, 7) is 1.29. The van der Waals surface area contributed by atoms with Crippen LogP contribution in [0.5, 0.6) is 5.75 Å². The van der Waals surface area contributed by atoms with E-state index >= 15 is 0 Å². The number of amides is 1. The molecular formula is C17H22F2N5O3S+. The van der Waals surface area contributed by atoms with Gasteiger partial charge in [-0.25, -0.2) is 0 Å². The molecular weight excluding hydrogens is 392 g/mol. The molecule has 0 spiro atoms. The fourth-order valence-electron chi connectivity index (χ4n) is 2.73. The number of morpholine rings is 1. The van der Waals surface area contributed by atoms with E-state index in [1.807, 2.05) is 11.6 Å². The van der Waals surface area contributed by atoms with Crippen LogP contribution in [-0.4, -0.2) is 59.3 Å². The summed E-state index contributed by atoms with van der Waals surface area (Å²) in [5, 5.41) is 11.8. The maximum Gasteiger partial charge on any atom is 0.387 e. The average Bonchev–Trinajstić information content (AvgIpc) is 3.02. The van der Waals surface area contributed by atoms with E-state index in [1.165, 1.54) is 40.9 Å². The maximum absolute atomic E-state index is 12.1. The minimum Gasteiger partial charge on any atom is -0.435 e. The van der Waals surface area contributed by atoms with Crippen LogP contribution in [0.25, 0.3) is 0 Å². The molecule has 1 aromatic heterocycles. The highest BCUT2D eigenvalue weighted by molar-refractivity contribution is 7.99. The number of nitrogens with one attached hydrogen (secondary N) is 2. The number of carbonyl (C=O) groups is 1. The Morgan fingerprint density at radius 2 is 2.04 bits per heavy atom. The van der Waals surface area contributed by atoms with Crippen LogP contribution in [-0.2, 0) is 23.1 Å². The van der Waals surface area contributed by atoms with E-state index in [-0.39, 0.29) is 17.4 Å². The van der Waals surface area contributed by atoms with Crippen molar-refractivity contribution in [3.05, 3.63) is 30.1 Å². The SMILES string of the molecule is Cn1c(C[NH+]2CCOCC2)nnc1SCC(=O)Nc1ccc(OC(F)F)cc1. The molecule has 0 saturated carbocycles. The van der Waals surface area contributed by atoms with Gasteiger partial charge in [-0.05, 0) is 24.3 Å². The standard InChI is InChI=1S/C17H21F2N5O3S/c1-23-14(10-24-6-8-26-9-7-24)21-22-17(23)28-11-15(25)20-12-2-4-13(5-3-12)27-16(18)19/h2-5,16H,6-11H2,1H3,(H,20,25)/p+1. The highest BCUT2D eigenvalue weighted by Crippen LogP contribution is 2.19. The second-order valence-corrected chi connectivity index (χ2v) is 7.18. The third kappa shape index (κ3) is 5.88. The van der Waals surface area contributed by atoms with E-state index in [0.717, 1.165) is 38.7 Å². The van der Waals surface area contributed by atoms with Crippen molar-refractivity contribution in [2.45, 2.75) is 18.3 Å². The molecule has 0 atom stereocenters. The number of rotatable bonds is 8. The molecule has 11 heteroatoms. The van der Waals surface area contributed by atoms with Gasteiger partial charge in [-0.2, -0.15) is 8.78 Å². The number of alkyl halides is 2. The second kappa shape index (κ2) is 9.80. The first-order valence-electron chi connectivity index (χ1n) is 8.78. The molecule has 2 aromatic rings. The van der Waals surface area contributed by atoms with Gasteiger partial charge >= 0.3 is 6.61 Å². The van der Waals surface area contributed by atoms with Crippen LogP contribution in [0.3, 0.4) is 0 Å². The number of hydrogen-bond acceptors (Lipinski definition) is 6. The van der Waals surface area contributed by atoms with E-state index in [0.29, 0.717) is 10.8 Å². The lowest BCUT2D eigenvalue weighted by molar-refractivity contribution is -0.922. The van der Waals surface area contributed by atoms with Gasteiger partial charge in [0.15, 0.2) is 11.0 Å². The van der Waals surface area contributed by atoms with Crippen LogP contribution in [0.2, 0.25) is 0 Å². The molecule has 28 heavy (non-hydrogen) atoms. The Balaban J connectivity index is 1.47. The van der Waals surface area contributed by atoms with Crippen molar-refractivity contribution in [1.82, 2.24) is 14.8 Å². The second-order valence-electron chi connectivity index (χ2n) is 6.24. The third-order valence-corrected chi connectivity index (χ3v) is 5.25. The molecule has 1 amide bonds. The molecule has 0 radical (unpaired) electrons. The van der Waals surface area contributed by atoms with Gasteiger partial charge in [0.1, 0.15) is 25.4 Å². The van der Waals surface area contributed by atoms with Crippen LogP contribution in [0.15, 0.2) is 29.4 Å². The Morgan fingerprint density at radius 3 is 2.71 bits per heavy atom. The number of aromatic nitrogens is 3. The van der Waals surface area contributed by atoms with E-state index in [4.69, 9.17) is 4.74 Å². The number of nitrogens with zero attached hydrogens (tertiary/aromatic N) is 3. The first kappa shape index (κ1) is 20.5. The fraction of sp³-hybridized carbons (Fsp3) is 0.471. The van der Waals surface area contributed by atoms with Gasteiger partial charge in [-0.15, -0.1) is 10.2 Å². The Hall–Kier alpha value is -2.24. The quantitative estimate of drug-likeness (QED) is 0.615. The Bertz CT molecular complexity index is 782. The Morgan fingerprint density at radius 1 is 1.32 bits per heavy atom. The van der Waals surface area contributed by atoms with Crippen molar-refractivity contribution in [3.8, 4) is 5.75 Å². The van der Waals surface area contributed by atoms with E-state index in [2.05, 4.69) is 20.3 Å². The topological polar surface area (TPSA) is 82.7 Å². The lowest BCUT2D eigenvalue weighted by atomic mass is 10.3. The molecule has 1 aliphatic rings. The average molecular weight is 414 g/mol. The molecule has 0 bridgehead atoms. The summed E-state index contributed by atoms with van der Waals surface area (Å²) < 4.78 is 35.8. The van der Waals surface area contributed by atoms with Gasteiger partial charge < -0.3 is 24.3 Å². The van der Waals surface area contributed by atoms with Gasteiger partial charge in [0, 0.05) is 12.7 Å². The molecule has 1 aliphatic heterocycles. The largest absolute Gasteiger partial charge is 0.435 e. The first-order chi connectivity index (χ1) is 13.5. The molecule has 1 aromatic carbocycles. The summed E-state index contributed by atoms with van der Waals surface area (Å²) in [7, 11) is 1.89. The number of thioether (sulfide) groups is 1. The number of carbonyl (C=O) groups excluding carboxylic acids is 1. The number of benzene rings is 1. The van der Waals surface area contributed by atoms with E-state index in [9.17, 15) is 13.6 Å². The number of quaternary nitrogens is 1. The molecule has 1 fully saturated rings. The van der Waals surface area contributed by atoms with Gasteiger partial charge in [0.2, 0.25) is 5.91 Å². The zero-order valence-electron chi connectivity index (χ0n) is 15.4. The van der Waals surface area contributed by atoms with Gasteiger partial charge in [-0.3, -0.25) is 4.79 Å². The lowest BCUT2D eigenvalue weighted by Gasteiger charge is -2.23. The lowest BCUT2D eigenvalue weighted by Crippen LogP contribution is -3.12.